The van der Waals surface area contributed by atoms with Gasteiger partial charge in [0.05, 0.1) is 12.1 Å². The third-order valence-electron chi connectivity index (χ3n) is 2.44. The van der Waals surface area contributed by atoms with Crippen molar-refractivity contribution < 1.29 is 19.5 Å². The fourth-order valence-electron chi connectivity index (χ4n) is 1.59. The zero-order chi connectivity index (χ0) is 12.4. The van der Waals surface area contributed by atoms with E-state index in [1.807, 2.05) is 0 Å². The molecule has 0 aliphatic rings. The summed E-state index contributed by atoms with van der Waals surface area (Å²) in [6, 6.07) is 6.33. The highest BCUT2D eigenvalue weighted by molar-refractivity contribution is 5.75. The molecule has 0 unspecified atom stereocenters. The lowest BCUT2D eigenvalue weighted by Crippen LogP contribution is -2.01. The summed E-state index contributed by atoms with van der Waals surface area (Å²) in [6.45, 7) is 1.70. The van der Waals surface area contributed by atoms with Gasteiger partial charge in [-0.1, -0.05) is 5.16 Å². The molecule has 88 valence electrons. The van der Waals surface area contributed by atoms with Gasteiger partial charge in [0.15, 0.2) is 5.76 Å². The van der Waals surface area contributed by atoms with Crippen LogP contribution in [0.5, 0.6) is 5.75 Å². The Kier molecular flexibility index (Phi) is 2.82. The smallest absolute Gasteiger partial charge is 0.308 e. The molecule has 5 heteroatoms. The normalized spacial score (nSPS) is 10.4. The first-order valence-corrected chi connectivity index (χ1v) is 5.04. The summed E-state index contributed by atoms with van der Waals surface area (Å²) in [7, 11) is 0. The van der Waals surface area contributed by atoms with Crippen molar-refractivity contribution in [1.82, 2.24) is 5.16 Å². The van der Waals surface area contributed by atoms with Crippen molar-refractivity contribution in [3.63, 3.8) is 0 Å². The predicted octanol–water partition coefficient (Wildman–Crippen LogP) is 1.98. The van der Waals surface area contributed by atoms with Gasteiger partial charge in [-0.05, 0) is 31.2 Å². The topological polar surface area (TPSA) is 83.6 Å². The Bertz CT molecular complexity index is 542. The second kappa shape index (κ2) is 4.29. The lowest BCUT2D eigenvalue weighted by atomic mass is 10.0. The molecule has 0 aliphatic carbocycles. The number of phenols is 1. The van der Waals surface area contributed by atoms with E-state index in [9.17, 15) is 9.90 Å². The number of phenolic OH excluding ortho intramolecular Hbond substituents is 1. The van der Waals surface area contributed by atoms with Crippen molar-refractivity contribution in [2.75, 3.05) is 0 Å². The maximum Gasteiger partial charge on any atom is 0.308 e. The Balaban J connectivity index is 2.45. The van der Waals surface area contributed by atoms with Gasteiger partial charge in [-0.15, -0.1) is 0 Å². The van der Waals surface area contributed by atoms with Crippen LogP contribution < -0.4 is 0 Å². The second-order valence-corrected chi connectivity index (χ2v) is 3.69. The molecular formula is C12H11NO4. The molecular weight excluding hydrogens is 222 g/mol. The third kappa shape index (κ3) is 2.28. The number of carboxylic acids is 1. The van der Waals surface area contributed by atoms with Crippen LogP contribution in [-0.4, -0.2) is 21.3 Å². The molecule has 2 aromatic rings. The molecule has 0 atom stereocenters. The van der Waals surface area contributed by atoms with Gasteiger partial charge < -0.3 is 14.7 Å². The number of benzene rings is 1. The minimum atomic E-state index is -0.934. The van der Waals surface area contributed by atoms with Crippen LogP contribution in [-0.2, 0) is 11.2 Å². The number of carboxylic acid groups (broad SMARTS) is 1. The molecule has 5 nitrogen and oxygen atoms in total. The molecule has 0 aliphatic heterocycles. The standard InChI is InChI=1S/C12H11NO4/c1-7-10(6-11(15)16)12(17-13-7)8-2-4-9(14)5-3-8/h2-5,14H,6H2,1H3,(H,15,16). The summed E-state index contributed by atoms with van der Waals surface area (Å²) >= 11 is 0. The zero-order valence-electron chi connectivity index (χ0n) is 9.17. The van der Waals surface area contributed by atoms with Crippen LogP contribution in [0.3, 0.4) is 0 Å². The number of aromatic nitrogens is 1. The largest absolute Gasteiger partial charge is 0.508 e. The molecule has 1 aromatic carbocycles. The number of carbonyl (C=O) groups is 1. The van der Waals surface area contributed by atoms with Crippen LogP contribution in [0, 0.1) is 6.92 Å². The number of aromatic hydroxyl groups is 1. The fourth-order valence-corrected chi connectivity index (χ4v) is 1.59. The van der Waals surface area contributed by atoms with Crippen molar-refractivity contribution in [3.05, 3.63) is 35.5 Å². The van der Waals surface area contributed by atoms with Crippen LogP contribution in [0.2, 0.25) is 0 Å². The molecule has 0 bridgehead atoms. The Morgan fingerprint density at radius 1 is 1.35 bits per heavy atom. The Labute approximate surface area is 97.3 Å². The van der Waals surface area contributed by atoms with E-state index in [1.165, 1.54) is 12.1 Å². The van der Waals surface area contributed by atoms with E-state index in [0.29, 0.717) is 22.6 Å². The van der Waals surface area contributed by atoms with E-state index in [0.717, 1.165) is 0 Å². The van der Waals surface area contributed by atoms with Crippen molar-refractivity contribution in [3.8, 4) is 17.1 Å². The second-order valence-electron chi connectivity index (χ2n) is 3.69. The van der Waals surface area contributed by atoms with Crippen LogP contribution in [0.4, 0.5) is 0 Å². The van der Waals surface area contributed by atoms with Crippen molar-refractivity contribution in [2.45, 2.75) is 13.3 Å². The molecule has 0 amide bonds. The first-order chi connectivity index (χ1) is 8.08. The van der Waals surface area contributed by atoms with E-state index >= 15 is 0 Å². The first kappa shape index (κ1) is 11.2. The van der Waals surface area contributed by atoms with Gasteiger partial charge >= 0.3 is 5.97 Å². The Hall–Kier alpha value is -2.30. The minimum Gasteiger partial charge on any atom is -0.508 e. The number of hydrogen-bond donors (Lipinski definition) is 2. The predicted molar refractivity (Wildman–Crippen MR) is 59.7 cm³/mol. The van der Waals surface area contributed by atoms with Crippen LogP contribution in [0.1, 0.15) is 11.3 Å². The average molecular weight is 233 g/mol. The van der Waals surface area contributed by atoms with Crippen LogP contribution >= 0.6 is 0 Å². The van der Waals surface area contributed by atoms with E-state index < -0.39 is 5.97 Å². The summed E-state index contributed by atoms with van der Waals surface area (Å²) in [5, 5.41) is 21.8. The quantitative estimate of drug-likeness (QED) is 0.846. The van der Waals surface area contributed by atoms with Crippen molar-refractivity contribution in [1.29, 1.82) is 0 Å². The number of nitrogens with zero attached hydrogens (tertiary/aromatic N) is 1. The van der Waals surface area contributed by atoms with Crippen LogP contribution in [0.15, 0.2) is 28.8 Å². The Morgan fingerprint density at radius 3 is 2.59 bits per heavy atom. The van der Waals surface area contributed by atoms with Gasteiger partial charge in [0.2, 0.25) is 0 Å². The SMILES string of the molecule is Cc1noc(-c2ccc(O)cc2)c1CC(=O)O. The monoisotopic (exact) mass is 233 g/mol. The highest BCUT2D eigenvalue weighted by atomic mass is 16.5. The molecule has 17 heavy (non-hydrogen) atoms. The molecule has 0 spiro atoms. The van der Waals surface area contributed by atoms with Gasteiger partial charge in [-0.2, -0.15) is 0 Å². The lowest BCUT2D eigenvalue weighted by molar-refractivity contribution is -0.136. The van der Waals surface area contributed by atoms with Crippen molar-refractivity contribution in [2.24, 2.45) is 0 Å². The van der Waals surface area contributed by atoms with Gasteiger partial charge in [-0.3, -0.25) is 4.79 Å². The maximum absolute atomic E-state index is 10.7. The first-order valence-electron chi connectivity index (χ1n) is 5.04. The van der Waals surface area contributed by atoms with E-state index in [1.54, 1.807) is 19.1 Å². The molecule has 0 saturated carbocycles. The molecule has 1 aromatic heterocycles. The molecule has 2 N–H and O–H groups in total. The van der Waals surface area contributed by atoms with Gasteiger partial charge in [0.1, 0.15) is 5.75 Å². The highest BCUT2D eigenvalue weighted by Gasteiger charge is 2.17. The molecule has 0 fully saturated rings. The number of aliphatic carboxylic acids is 1. The fraction of sp³-hybridized carbons (Fsp3) is 0.167. The number of rotatable bonds is 3. The van der Waals surface area contributed by atoms with E-state index in [-0.39, 0.29) is 12.2 Å². The average Bonchev–Trinajstić information content (AvgIpc) is 2.61. The van der Waals surface area contributed by atoms with Crippen molar-refractivity contribution >= 4 is 5.97 Å². The third-order valence-corrected chi connectivity index (χ3v) is 2.44. The highest BCUT2D eigenvalue weighted by Crippen LogP contribution is 2.27. The van der Waals surface area contributed by atoms with Gasteiger partial charge in [-0.25, -0.2) is 0 Å². The minimum absolute atomic E-state index is 0.133. The van der Waals surface area contributed by atoms with Gasteiger partial charge in [0, 0.05) is 11.1 Å². The summed E-state index contributed by atoms with van der Waals surface area (Å²) in [4.78, 5) is 10.7. The molecule has 2 rings (SSSR count). The number of aryl methyl sites for hydroxylation is 1. The zero-order valence-corrected chi connectivity index (χ0v) is 9.17. The summed E-state index contributed by atoms with van der Waals surface area (Å²) in [6.07, 6.45) is -0.133. The lowest BCUT2D eigenvalue weighted by Gasteiger charge is -2.00. The molecule has 0 radical (unpaired) electrons. The summed E-state index contributed by atoms with van der Waals surface area (Å²) in [5.74, 6) is -0.356. The number of hydrogen-bond acceptors (Lipinski definition) is 4. The van der Waals surface area contributed by atoms with Crippen LogP contribution in [0.25, 0.3) is 11.3 Å². The molecule has 1 heterocycles. The summed E-state index contributed by atoms with van der Waals surface area (Å²) in [5.41, 5.74) is 1.82. The van der Waals surface area contributed by atoms with E-state index in [4.69, 9.17) is 9.63 Å². The molecule has 0 saturated heterocycles. The van der Waals surface area contributed by atoms with Gasteiger partial charge in [0.25, 0.3) is 0 Å². The maximum atomic E-state index is 10.7. The summed E-state index contributed by atoms with van der Waals surface area (Å²) < 4.78 is 5.13. The van der Waals surface area contributed by atoms with E-state index in [2.05, 4.69) is 5.16 Å². The Morgan fingerprint density at radius 2 is 2.00 bits per heavy atom.